The lowest BCUT2D eigenvalue weighted by atomic mass is 9.81. The van der Waals surface area contributed by atoms with Crippen molar-refractivity contribution in [1.29, 1.82) is 0 Å². The average molecular weight is 477 g/mol. The molecule has 0 spiro atoms. The molecule has 10 heteroatoms. The van der Waals surface area contributed by atoms with E-state index in [9.17, 15) is 9.59 Å². The molecule has 1 fully saturated rings. The number of hydrogen-bond acceptors (Lipinski definition) is 7. The molecular formula is C24H33FN4O5. The number of alkyl carbamates (subject to hydrolysis) is 1. The molecule has 9 nitrogen and oxygen atoms in total. The van der Waals surface area contributed by atoms with E-state index >= 15 is 4.39 Å². The van der Waals surface area contributed by atoms with Crippen molar-refractivity contribution >= 4 is 11.8 Å². The monoisotopic (exact) mass is 476 g/mol. The Morgan fingerprint density at radius 1 is 1.29 bits per heavy atom. The fourth-order valence-electron chi connectivity index (χ4n) is 4.86. The second-order valence-electron chi connectivity index (χ2n) is 10.3. The predicted molar refractivity (Wildman–Crippen MR) is 125 cm³/mol. The van der Waals surface area contributed by atoms with E-state index < -0.39 is 17.2 Å². The van der Waals surface area contributed by atoms with Crippen molar-refractivity contribution in [3.63, 3.8) is 0 Å². The van der Waals surface area contributed by atoms with E-state index in [1.807, 2.05) is 27.7 Å². The number of rotatable bonds is 4. The van der Waals surface area contributed by atoms with Crippen LogP contribution in [0.25, 0.3) is 11.5 Å². The lowest BCUT2D eigenvalue weighted by molar-refractivity contribution is 0.0485. The van der Waals surface area contributed by atoms with Gasteiger partial charge in [-0.2, -0.15) is 0 Å². The lowest BCUT2D eigenvalue weighted by Crippen LogP contribution is -2.49. The molecule has 1 saturated carbocycles. The molecule has 1 aromatic carbocycles. The topological polar surface area (TPSA) is 110 Å². The smallest absolute Gasteiger partial charge is 0.434 e. The Labute approximate surface area is 198 Å². The second-order valence-corrected chi connectivity index (χ2v) is 10.3. The van der Waals surface area contributed by atoms with Crippen LogP contribution in [0, 0.1) is 11.7 Å². The van der Waals surface area contributed by atoms with Gasteiger partial charge in [0.1, 0.15) is 11.7 Å². The summed E-state index contributed by atoms with van der Waals surface area (Å²) < 4.78 is 31.2. The van der Waals surface area contributed by atoms with Crippen molar-refractivity contribution in [1.82, 2.24) is 15.5 Å². The number of hydrogen-bond donors (Lipinski definition) is 2. The van der Waals surface area contributed by atoms with Gasteiger partial charge in [0.05, 0.1) is 12.2 Å². The predicted octanol–water partition coefficient (Wildman–Crippen LogP) is 4.23. The highest BCUT2D eigenvalue weighted by Gasteiger charge is 2.35. The minimum atomic E-state index is -0.694. The van der Waals surface area contributed by atoms with Crippen LogP contribution in [0.3, 0.4) is 0 Å². The maximum Gasteiger partial charge on any atom is 0.434 e. The van der Waals surface area contributed by atoms with Crippen molar-refractivity contribution in [3.05, 3.63) is 28.5 Å². The van der Waals surface area contributed by atoms with E-state index in [0.717, 1.165) is 25.7 Å². The summed E-state index contributed by atoms with van der Waals surface area (Å²) in [4.78, 5) is 25.7. The zero-order chi connectivity index (χ0) is 24.6. The van der Waals surface area contributed by atoms with Crippen molar-refractivity contribution in [2.75, 3.05) is 11.4 Å². The molecule has 4 rings (SSSR count). The summed E-state index contributed by atoms with van der Waals surface area (Å²) >= 11 is 0. The molecule has 0 unspecified atom stereocenters. The zero-order valence-electron chi connectivity index (χ0n) is 20.3. The average Bonchev–Trinajstić information content (AvgIpc) is 3.18. The summed E-state index contributed by atoms with van der Waals surface area (Å²) in [6, 6.07) is 3.23. The Morgan fingerprint density at radius 2 is 2.00 bits per heavy atom. The SMILES string of the molecule is C[C@@H]1CN([C@@H](C)C2CCC(NC(=O)OC(C)(C)C)CC2)c2cc(-c3n[nH]c(=O)o3)cc(F)c2O1. The van der Waals surface area contributed by atoms with Crippen LogP contribution in [0.15, 0.2) is 21.3 Å². The number of anilines is 1. The quantitative estimate of drug-likeness (QED) is 0.680. The minimum absolute atomic E-state index is 0.0339. The number of ether oxygens (including phenoxy) is 2. The molecule has 1 aromatic heterocycles. The Hall–Kier alpha value is -3.04. The fraction of sp³-hybridized carbons (Fsp3) is 0.625. The number of carbonyl (C=O) groups is 1. The van der Waals surface area contributed by atoms with Gasteiger partial charge in [0.15, 0.2) is 11.6 Å². The fourth-order valence-corrected chi connectivity index (χ4v) is 4.86. The normalized spacial score (nSPS) is 23.6. The summed E-state index contributed by atoms with van der Waals surface area (Å²) in [5.41, 5.74) is 0.471. The number of benzene rings is 1. The molecule has 186 valence electrons. The van der Waals surface area contributed by atoms with Gasteiger partial charge in [-0.1, -0.05) is 0 Å². The third-order valence-corrected chi connectivity index (χ3v) is 6.46. The molecule has 0 bridgehead atoms. The van der Waals surface area contributed by atoms with Gasteiger partial charge in [0.25, 0.3) is 0 Å². The molecule has 0 saturated heterocycles. The number of halogens is 1. The van der Waals surface area contributed by atoms with Crippen LogP contribution in [0.5, 0.6) is 5.75 Å². The van der Waals surface area contributed by atoms with Crippen molar-refractivity contribution in [2.45, 2.75) is 84.1 Å². The van der Waals surface area contributed by atoms with E-state index in [-0.39, 0.29) is 35.9 Å². The van der Waals surface area contributed by atoms with E-state index in [1.165, 1.54) is 6.07 Å². The summed E-state index contributed by atoms with van der Waals surface area (Å²) in [5.74, 6) is -0.615. The standard InChI is InChI=1S/C24H33FN4O5/c1-13-12-29(14(2)15-6-8-17(9-7-15)26-22(30)34-24(3,4)5)19-11-16(10-18(25)20(19)32-13)21-27-28-23(31)33-21/h10-11,13-15,17H,6-9,12H2,1-5H3,(H,26,30)(H,28,31)/t13-,14+,15?,17?/m1/s1. The first kappa shape index (κ1) is 24.1. The van der Waals surface area contributed by atoms with Gasteiger partial charge in [-0.05, 0) is 78.4 Å². The van der Waals surface area contributed by atoms with Crippen molar-refractivity contribution < 1.29 is 23.1 Å². The Bertz CT molecular complexity index is 1080. The van der Waals surface area contributed by atoms with Crippen LogP contribution < -0.4 is 20.7 Å². The number of H-pyrrole nitrogens is 1. The molecule has 1 aliphatic heterocycles. The Kier molecular flexibility index (Phi) is 6.60. The van der Waals surface area contributed by atoms with Crippen molar-refractivity contribution in [3.8, 4) is 17.2 Å². The van der Waals surface area contributed by atoms with E-state index in [4.69, 9.17) is 13.9 Å². The third-order valence-electron chi connectivity index (χ3n) is 6.46. The summed E-state index contributed by atoms with van der Waals surface area (Å²) in [6.45, 7) is 10.2. The maximum atomic E-state index is 15.0. The highest BCUT2D eigenvalue weighted by atomic mass is 19.1. The number of nitrogens with zero attached hydrogens (tertiary/aromatic N) is 2. The first-order valence-corrected chi connectivity index (χ1v) is 11.8. The second kappa shape index (κ2) is 9.31. The van der Waals surface area contributed by atoms with Gasteiger partial charge in [0.2, 0.25) is 5.89 Å². The zero-order valence-corrected chi connectivity index (χ0v) is 20.3. The minimum Gasteiger partial charge on any atom is -0.484 e. The molecule has 1 aliphatic carbocycles. The molecular weight excluding hydrogens is 443 g/mol. The highest BCUT2D eigenvalue weighted by Crippen LogP contribution is 2.42. The van der Waals surface area contributed by atoms with E-state index in [2.05, 4.69) is 27.3 Å². The number of aromatic nitrogens is 2. The van der Waals surface area contributed by atoms with Crippen LogP contribution in [0.2, 0.25) is 0 Å². The van der Waals surface area contributed by atoms with Gasteiger partial charge < -0.3 is 24.1 Å². The number of amides is 1. The van der Waals surface area contributed by atoms with Crippen LogP contribution in [0.1, 0.15) is 60.3 Å². The molecule has 1 amide bonds. The molecule has 0 radical (unpaired) electrons. The van der Waals surface area contributed by atoms with Gasteiger partial charge in [-0.3, -0.25) is 0 Å². The number of fused-ring (bicyclic) bond motifs is 1. The lowest BCUT2D eigenvalue weighted by Gasteiger charge is -2.43. The molecule has 2 N–H and O–H groups in total. The van der Waals surface area contributed by atoms with Gasteiger partial charge in [0, 0.05) is 17.6 Å². The number of nitrogens with one attached hydrogen (secondary N) is 2. The maximum absolute atomic E-state index is 15.0. The Balaban J connectivity index is 1.48. The first-order valence-electron chi connectivity index (χ1n) is 11.8. The van der Waals surface area contributed by atoms with Crippen LogP contribution in [-0.2, 0) is 4.74 Å². The molecule has 2 aromatic rings. The van der Waals surface area contributed by atoms with Gasteiger partial charge in [-0.15, -0.1) is 5.10 Å². The molecule has 34 heavy (non-hydrogen) atoms. The summed E-state index contributed by atoms with van der Waals surface area (Å²) in [6.07, 6.45) is 3.01. The largest absolute Gasteiger partial charge is 0.484 e. The molecule has 2 atom stereocenters. The third kappa shape index (κ3) is 5.37. The van der Waals surface area contributed by atoms with Crippen molar-refractivity contribution in [2.24, 2.45) is 5.92 Å². The summed E-state index contributed by atoms with van der Waals surface area (Å²) in [5, 5.41) is 9.02. The van der Waals surface area contributed by atoms with Crippen LogP contribution in [-0.4, -0.2) is 46.6 Å². The van der Waals surface area contributed by atoms with E-state index in [0.29, 0.717) is 23.7 Å². The van der Waals surface area contributed by atoms with Crippen LogP contribution in [0.4, 0.5) is 14.9 Å². The van der Waals surface area contributed by atoms with Gasteiger partial charge in [-0.25, -0.2) is 19.1 Å². The number of carbonyl (C=O) groups excluding carboxylic acids is 1. The van der Waals surface area contributed by atoms with Gasteiger partial charge >= 0.3 is 11.8 Å². The summed E-state index contributed by atoms with van der Waals surface area (Å²) in [7, 11) is 0. The molecule has 2 heterocycles. The number of aromatic amines is 1. The Morgan fingerprint density at radius 3 is 2.62 bits per heavy atom. The van der Waals surface area contributed by atoms with E-state index in [1.54, 1.807) is 6.07 Å². The highest BCUT2D eigenvalue weighted by molar-refractivity contribution is 5.70. The first-order chi connectivity index (χ1) is 16.0. The molecule has 2 aliphatic rings. The van der Waals surface area contributed by atoms with Crippen LogP contribution >= 0.6 is 0 Å².